The molecule has 2 N–H and O–H groups in total. The van der Waals surface area contributed by atoms with Crippen molar-refractivity contribution in [2.24, 2.45) is 0 Å². The van der Waals surface area contributed by atoms with Crippen molar-refractivity contribution in [1.29, 1.82) is 0 Å². The summed E-state index contributed by atoms with van der Waals surface area (Å²) in [4.78, 5) is 31.4. The third-order valence-electron chi connectivity index (χ3n) is 5.81. The lowest BCUT2D eigenvalue weighted by molar-refractivity contribution is -0.123. The first-order chi connectivity index (χ1) is 15.7. The van der Waals surface area contributed by atoms with Crippen molar-refractivity contribution in [2.75, 3.05) is 23.7 Å². The third-order valence-corrected chi connectivity index (χ3v) is 6.86. The number of nitrogens with one attached hydrogen (secondary N) is 2. The van der Waals surface area contributed by atoms with Crippen molar-refractivity contribution >= 4 is 40.2 Å². The minimum atomic E-state index is -0.166. The Bertz CT molecular complexity index is 1270. The number of hydrogen-bond donors (Lipinski definition) is 2. The van der Waals surface area contributed by atoms with E-state index in [0.717, 1.165) is 32.6 Å². The van der Waals surface area contributed by atoms with Gasteiger partial charge in [0, 0.05) is 34.5 Å². The predicted octanol–water partition coefficient (Wildman–Crippen LogP) is 4.55. The summed E-state index contributed by atoms with van der Waals surface area (Å²) in [5.74, 6) is 0.142. The van der Waals surface area contributed by atoms with Gasteiger partial charge in [-0.25, -0.2) is 0 Å². The summed E-state index contributed by atoms with van der Waals surface area (Å²) >= 11 is 1.52. The van der Waals surface area contributed by atoms with E-state index in [2.05, 4.69) is 34.6 Å². The molecule has 5 rings (SSSR count). The summed E-state index contributed by atoms with van der Waals surface area (Å²) in [5, 5.41) is 4.23. The van der Waals surface area contributed by atoms with Crippen LogP contribution in [0.2, 0.25) is 0 Å². The molecule has 2 heterocycles. The lowest BCUT2D eigenvalue weighted by Crippen LogP contribution is -2.44. The highest BCUT2D eigenvalue weighted by Crippen LogP contribution is 2.35. The highest BCUT2D eigenvalue weighted by molar-refractivity contribution is 8.00. The van der Waals surface area contributed by atoms with Crippen LogP contribution in [0, 0.1) is 0 Å². The molecule has 0 bridgehead atoms. The van der Waals surface area contributed by atoms with E-state index >= 15 is 0 Å². The van der Waals surface area contributed by atoms with Crippen molar-refractivity contribution in [1.82, 2.24) is 10.3 Å². The van der Waals surface area contributed by atoms with Gasteiger partial charge in [0.2, 0.25) is 11.8 Å². The molecule has 4 aromatic rings. The second kappa shape index (κ2) is 8.93. The molecule has 1 aliphatic heterocycles. The van der Waals surface area contributed by atoms with E-state index in [0.29, 0.717) is 12.3 Å². The van der Waals surface area contributed by atoms with Gasteiger partial charge in [0.1, 0.15) is 6.54 Å². The van der Waals surface area contributed by atoms with Gasteiger partial charge in [0.25, 0.3) is 0 Å². The minimum Gasteiger partial charge on any atom is -0.361 e. The number of carbonyl (C=O) groups is 2. The van der Waals surface area contributed by atoms with Gasteiger partial charge < -0.3 is 15.2 Å². The number of anilines is 1. The van der Waals surface area contributed by atoms with Crippen LogP contribution in [0.5, 0.6) is 0 Å². The molecule has 2 amide bonds. The highest BCUT2D eigenvalue weighted by Gasteiger charge is 2.27. The maximum atomic E-state index is 12.9. The topological polar surface area (TPSA) is 65.2 Å². The van der Waals surface area contributed by atoms with Gasteiger partial charge in [-0.15, -0.1) is 11.8 Å². The fraction of sp³-hybridized carbons (Fsp3) is 0.154. The van der Waals surface area contributed by atoms with E-state index in [4.69, 9.17) is 0 Å². The summed E-state index contributed by atoms with van der Waals surface area (Å²) in [7, 11) is 0. The molecule has 1 aromatic heterocycles. The van der Waals surface area contributed by atoms with Gasteiger partial charge in [-0.2, -0.15) is 0 Å². The Kier molecular flexibility index (Phi) is 5.69. The molecule has 0 fully saturated rings. The zero-order chi connectivity index (χ0) is 21.9. The van der Waals surface area contributed by atoms with Gasteiger partial charge >= 0.3 is 0 Å². The first kappa shape index (κ1) is 20.4. The van der Waals surface area contributed by atoms with Gasteiger partial charge in [-0.05, 0) is 29.3 Å². The first-order valence-corrected chi connectivity index (χ1v) is 11.6. The molecule has 1 aliphatic rings. The van der Waals surface area contributed by atoms with Gasteiger partial charge in [-0.1, -0.05) is 60.7 Å². The predicted molar refractivity (Wildman–Crippen MR) is 129 cm³/mol. The molecule has 3 aromatic carbocycles. The monoisotopic (exact) mass is 441 g/mol. The van der Waals surface area contributed by atoms with Crippen LogP contribution in [-0.4, -0.2) is 35.6 Å². The Labute approximate surface area is 190 Å². The minimum absolute atomic E-state index is 0.00352. The van der Waals surface area contributed by atoms with Crippen molar-refractivity contribution in [3.8, 4) is 0 Å². The zero-order valence-corrected chi connectivity index (χ0v) is 18.3. The van der Waals surface area contributed by atoms with Crippen molar-refractivity contribution < 1.29 is 9.59 Å². The van der Waals surface area contributed by atoms with E-state index in [1.807, 2.05) is 60.8 Å². The van der Waals surface area contributed by atoms with Gasteiger partial charge in [0.05, 0.1) is 11.4 Å². The lowest BCUT2D eigenvalue weighted by Gasteiger charge is -2.28. The van der Waals surface area contributed by atoms with Crippen LogP contribution in [0.15, 0.2) is 90.0 Å². The summed E-state index contributed by atoms with van der Waals surface area (Å²) in [6, 6.07) is 26.1. The molecule has 1 unspecified atom stereocenters. The van der Waals surface area contributed by atoms with E-state index < -0.39 is 0 Å². The molecular formula is C26H23N3O2S. The zero-order valence-electron chi connectivity index (χ0n) is 17.5. The molecule has 160 valence electrons. The number of amides is 2. The van der Waals surface area contributed by atoms with E-state index in [-0.39, 0.29) is 24.3 Å². The molecule has 0 saturated heterocycles. The van der Waals surface area contributed by atoms with Crippen LogP contribution in [-0.2, 0) is 9.59 Å². The number of hydrogen-bond acceptors (Lipinski definition) is 3. The molecule has 0 spiro atoms. The van der Waals surface area contributed by atoms with E-state index in [1.165, 1.54) is 11.8 Å². The van der Waals surface area contributed by atoms with E-state index in [1.54, 1.807) is 4.90 Å². The first-order valence-electron chi connectivity index (χ1n) is 10.6. The molecular weight excluding hydrogens is 418 g/mol. The molecule has 0 aliphatic carbocycles. The number of aromatic amines is 1. The van der Waals surface area contributed by atoms with Gasteiger partial charge in [-0.3, -0.25) is 9.59 Å². The number of fused-ring (bicyclic) bond motifs is 2. The average Bonchev–Trinajstić information content (AvgIpc) is 3.26. The Morgan fingerprint density at radius 1 is 1.00 bits per heavy atom. The largest absolute Gasteiger partial charge is 0.361 e. The molecule has 32 heavy (non-hydrogen) atoms. The SMILES string of the molecule is O=C(CN1C(=O)CSc2ccccc21)NCC(c1ccccc1)c1c[nH]c2ccccc12. The fourth-order valence-electron chi connectivity index (χ4n) is 4.22. The number of para-hydroxylation sites is 2. The van der Waals surface area contributed by atoms with Crippen molar-refractivity contribution in [3.63, 3.8) is 0 Å². The fourth-order valence-corrected chi connectivity index (χ4v) is 5.15. The number of thioether (sulfide) groups is 1. The highest BCUT2D eigenvalue weighted by atomic mass is 32.2. The Hall–Kier alpha value is -3.51. The maximum Gasteiger partial charge on any atom is 0.240 e. The lowest BCUT2D eigenvalue weighted by atomic mass is 9.91. The maximum absolute atomic E-state index is 12.9. The number of aromatic nitrogens is 1. The quantitative estimate of drug-likeness (QED) is 0.461. The Balaban J connectivity index is 1.36. The molecule has 6 heteroatoms. The molecule has 0 radical (unpaired) electrons. The second-order valence-electron chi connectivity index (χ2n) is 7.79. The van der Waals surface area contributed by atoms with Crippen molar-refractivity contribution in [2.45, 2.75) is 10.8 Å². The summed E-state index contributed by atoms with van der Waals surface area (Å²) in [6.07, 6.45) is 2.02. The average molecular weight is 442 g/mol. The third kappa shape index (κ3) is 4.01. The molecule has 0 saturated carbocycles. The smallest absolute Gasteiger partial charge is 0.240 e. The van der Waals surface area contributed by atoms with Crippen molar-refractivity contribution in [3.05, 3.63) is 96.2 Å². The number of rotatable bonds is 6. The summed E-state index contributed by atoms with van der Waals surface area (Å²) in [6.45, 7) is 0.467. The molecule has 1 atom stereocenters. The van der Waals surface area contributed by atoms with Crippen LogP contribution < -0.4 is 10.2 Å². The Morgan fingerprint density at radius 3 is 2.62 bits per heavy atom. The van der Waals surface area contributed by atoms with Crippen LogP contribution in [0.25, 0.3) is 10.9 Å². The second-order valence-corrected chi connectivity index (χ2v) is 8.81. The number of H-pyrrole nitrogens is 1. The number of nitrogens with zero attached hydrogens (tertiary/aromatic N) is 1. The van der Waals surface area contributed by atoms with Crippen LogP contribution >= 0.6 is 11.8 Å². The summed E-state index contributed by atoms with van der Waals surface area (Å²) in [5.41, 5.74) is 4.15. The van der Waals surface area contributed by atoms with E-state index in [9.17, 15) is 9.59 Å². The number of benzene rings is 3. The normalized spacial score (nSPS) is 14.2. The Morgan fingerprint density at radius 2 is 1.75 bits per heavy atom. The number of carbonyl (C=O) groups excluding carboxylic acids is 2. The van der Waals surface area contributed by atoms with Crippen LogP contribution in [0.3, 0.4) is 0 Å². The summed E-state index contributed by atoms with van der Waals surface area (Å²) < 4.78 is 0. The van der Waals surface area contributed by atoms with Crippen LogP contribution in [0.4, 0.5) is 5.69 Å². The van der Waals surface area contributed by atoms with Gasteiger partial charge in [0.15, 0.2) is 0 Å². The van der Waals surface area contributed by atoms with Crippen LogP contribution in [0.1, 0.15) is 17.0 Å². The standard InChI is InChI=1S/C26H23N3O2S/c30-25(16-29-23-12-6-7-13-24(23)32-17-26(29)31)28-14-20(18-8-2-1-3-9-18)21-15-27-22-11-5-4-10-19(21)22/h1-13,15,20,27H,14,16-17H2,(H,28,30). The molecule has 5 nitrogen and oxygen atoms in total.